The summed E-state index contributed by atoms with van der Waals surface area (Å²) in [5, 5.41) is 20.8. The SMILES string of the molecule is COc1cc(O)c2c(c1)[C@H](O)C1C[C@@](C)(OC)OCC1C2=O. The maximum atomic E-state index is 12.7. The van der Waals surface area contributed by atoms with Crippen LogP contribution in [0.1, 0.15) is 35.4 Å². The van der Waals surface area contributed by atoms with Gasteiger partial charge in [-0.3, -0.25) is 4.79 Å². The molecule has 0 bridgehead atoms. The molecule has 1 aliphatic carbocycles. The van der Waals surface area contributed by atoms with Crippen LogP contribution in [-0.2, 0) is 9.47 Å². The van der Waals surface area contributed by atoms with Crippen molar-refractivity contribution in [2.75, 3.05) is 20.8 Å². The summed E-state index contributed by atoms with van der Waals surface area (Å²) in [7, 11) is 3.01. The summed E-state index contributed by atoms with van der Waals surface area (Å²) in [5.41, 5.74) is 0.572. The zero-order valence-electron chi connectivity index (χ0n) is 12.8. The number of phenolic OH excluding ortho intramolecular Hbond substituents is 1. The summed E-state index contributed by atoms with van der Waals surface area (Å²) in [5.74, 6) is -1.58. The molecule has 4 atom stereocenters. The highest BCUT2D eigenvalue weighted by atomic mass is 16.7. The van der Waals surface area contributed by atoms with Crippen LogP contribution in [0.15, 0.2) is 12.1 Å². The number of aromatic hydroxyl groups is 1. The predicted octanol–water partition coefficient (Wildman–Crippen LogP) is 1.65. The summed E-state index contributed by atoms with van der Waals surface area (Å²) in [6, 6.07) is 2.99. The van der Waals surface area contributed by atoms with E-state index in [1.807, 2.05) is 0 Å². The van der Waals surface area contributed by atoms with E-state index < -0.39 is 17.8 Å². The second-order valence-electron chi connectivity index (χ2n) is 6.04. The van der Waals surface area contributed by atoms with E-state index in [4.69, 9.17) is 14.2 Å². The first-order chi connectivity index (χ1) is 10.4. The maximum Gasteiger partial charge on any atom is 0.172 e. The van der Waals surface area contributed by atoms with Crippen molar-refractivity contribution in [1.29, 1.82) is 0 Å². The molecule has 22 heavy (non-hydrogen) atoms. The zero-order chi connectivity index (χ0) is 16.1. The van der Waals surface area contributed by atoms with Gasteiger partial charge in [0.15, 0.2) is 11.6 Å². The second kappa shape index (κ2) is 5.22. The quantitative estimate of drug-likeness (QED) is 0.864. The lowest BCUT2D eigenvalue weighted by atomic mass is 9.69. The number of carbonyl (C=O) groups is 1. The van der Waals surface area contributed by atoms with Crippen LogP contribution in [-0.4, -0.2) is 42.6 Å². The molecule has 1 aromatic rings. The van der Waals surface area contributed by atoms with Crippen molar-refractivity contribution >= 4 is 5.78 Å². The monoisotopic (exact) mass is 308 g/mol. The lowest BCUT2D eigenvalue weighted by Crippen LogP contribution is -2.49. The van der Waals surface area contributed by atoms with E-state index in [2.05, 4.69) is 0 Å². The van der Waals surface area contributed by atoms with E-state index in [1.54, 1.807) is 20.1 Å². The molecule has 0 saturated carbocycles. The normalized spacial score (nSPS) is 34.0. The van der Waals surface area contributed by atoms with Gasteiger partial charge >= 0.3 is 0 Å². The highest BCUT2D eigenvalue weighted by Crippen LogP contribution is 2.48. The van der Waals surface area contributed by atoms with E-state index in [-0.39, 0.29) is 29.6 Å². The lowest BCUT2D eigenvalue weighted by Gasteiger charge is -2.45. The number of hydrogen-bond donors (Lipinski definition) is 2. The minimum Gasteiger partial charge on any atom is -0.507 e. The van der Waals surface area contributed by atoms with Gasteiger partial charge in [0.2, 0.25) is 0 Å². The van der Waals surface area contributed by atoms with Crippen LogP contribution < -0.4 is 4.74 Å². The number of ketones is 1. The molecular formula is C16H20O6. The van der Waals surface area contributed by atoms with Gasteiger partial charge in [0.1, 0.15) is 11.5 Å². The Morgan fingerprint density at radius 3 is 2.73 bits per heavy atom. The van der Waals surface area contributed by atoms with E-state index in [0.29, 0.717) is 17.7 Å². The summed E-state index contributed by atoms with van der Waals surface area (Å²) in [6.45, 7) is 1.95. The molecular weight excluding hydrogens is 288 g/mol. The average molecular weight is 308 g/mol. The fourth-order valence-electron chi connectivity index (χ4n) is 3.42. The number of benzene rings is 1. The fourth-order valence-corrected chi connectivity index (χ4v) is 3.42. The molecule has 1 aliphatic heterocycles. The van der Waals surface area contributed by atoms with Gasteiger partial charge in [0, 0.05) is 25.5 Å². The van der Waals surface area contributed by atoms with Crippen LogP contribution in [0.4, 0.5) is 0 Å². The number of hydrogen-bond acceptors (Lipinski definition) is 6. The molecule has 1 aromatic carbocycles. The third-order valence-corrected chi connectivity index (χ3v) is 4.79. The van der Waals surface area contributed by atoms with Crippen molar-refractivity contribution in [3.05, 3.63) is 23.3 Å². The van der Waals surface area contributed by atoms with Gasteiger partial charge in [-0.05, 0) is 18.6 Å². The summed E-state index contributed by atoms with van der Waals surface area (Å²) >= 11 is 0. The highest BCUT2D eigenvalue weighted by Gasteiger charge is 2.50. The summed E-state index contributed by atoms with van der Waals surface area (Å²) < 4.78 is 16.1. The topological polar surface area (TPSA) is 85.2 Å². The summed E-state index contributed by atoms with van der Waals surface area (Å²) in [4.78, 5) is 12.7. The van der Waals surface area contributed by atoms with Crippen LogP contribution in [0, 0.1) is 11.8 Å². The van der Waals surface area contributed by atoms with Gasteiger partial charge in [0.25, 0.3) is 0 Å². The first kappa shape index (κ1) is 15.3. The van der Waals surface area contributed by atoms with E-state index in [9.17, 15) is 15.0 Å². The number of Topliss-reactive ketones (excluding diaryl/α,β-unsaturated/α-hetero) is 1. The number of rotatable bonds is 2. The number of carbonyl (C=O) groups excluding carboxylic acids is 1. The number of aliphatic hydroxyl groups excluding tert-OH is 1. The number of methoxy groups -OCH3 is 2. The van der Waals surface area contributed by atoms with Crippen molar-refractivity contribution in [3.63, 3.8) is 0 Å². The van der Waals surface area contributed by atoms with E-state index >= 15 is 0 Å². The first-order valence-electron chi connectivity index (χ1n) is 7.22. The van der Waals surface area contributed by atoms with Crippen molar-refractivity contribution in [1.82, 2.24) is 0 Å². The number of fused-ring (bicyclic) bond motifs is 2. The molecule has 2 unspecified atom stereocenters. The van der Waals surface area contributed by atoms with Crippen LogP contribution in [0.25, 0.3) is 0 Å². The summed E-state index contributed by atoms with van der Waals surface area (Å²) in [6.07, 6.45) is -0.476. The van der Waals surface area contributed by atoms with Crippen molar-refractivity contribution in [2.45, 2.75) is 25.2 Å². The Labute approximate surface area is 128 Å². The number of ether oxygens (including phenoxy) is 3. The zero-order valence-corrected chi connectivity index (χ0v) is 12.8. The van der Waals surface area contributed by atoms with Gasteiger partial charge in [-0.1, -0.05) is 0 Å². The van der Waals surface area contributed by atoms with Gasteiger partial charge in [-0.25, -0.2) is 0 Å². The molecule has 0 aromatic heterocycles. The van der Waals surface area contributed by atoms with Crippen molar-refractivity contribution in [3.8, 4) is 11.5 Å². The van der Waals surface area contributed by atoms with Crippen LogP contribution in [0.3, 0.4) is 0 Å². The highest BCUT2D eigenvalue weighted by molar-refractivity contribution is 6.03. The van der Waals surface area contributed by atoms with Gasteiger partial charge < -0.3 is 24.4 Å². The van der Waals surface area contributed by atoms with E-state index in [0.717, 1.165) is 0 Å². The van der Waals surface area contributed by atoms with E-state index in [1.165, 1.54) is 13.2 Å². The van der Waals surface area contributed by atoms with Crippen LogP contribution in [0.2, 0.25) is 0 Å². The van der Waals surface area contributed by atoms with Crippen LogP contribution >= 0.6 is 0 Å². The molecule has 6 nitrogen and oxygen atoms in total. The lowest BCUT2D eigenvalue weighted by molar-refractivity contribution is -0.257. The maximum absolute atomic E-state index is 12.7. The second-order valence-corrected chi connectivity index (χ2v) is 6.04. The number of aliphatic hydroxyl groups is 1. The third kappa shape index (κ3) is 2.18. The minimum atomic E-state index is -0.878. The minimum absolute atomic E-state index is 0.163. The van der Waals surface area contributed by atoms with Crippen molar-refractivity contribution < 1.29 is 29.2 Å². The molecule has 0 radical (unpaired) electrons. The molecule has 0 amide bonds. The average Bonchev–Trinajstić information content (AvgIpc) is 2.51. The molecule has 1 saturated heterocycles. The molecule has 1 heterocycles. The first-order valence-corrected chi connectivity index (χ1v) is 7.22. The molecule has 0 spiro atoms. The van der Waals surface area contributed by atoms with Crippen LogP contribution in [0.5, 0.6) is 11.5 Å². The molecule has 1 fully saturated rings. The molecule has 120 valence electrons. The molecule has 2 N–H and O–H groups in total. The molecule has 6 heteroatoms. The van der Waals surface area contributed by atoms with Gasteiger partial charge in [-0.15, -0.1) is 0 Å². The van der Waals surface area contributed by atoms with Gasteiger partial charge in [-0.2, -0.15) is 0 Å². The Kier molecular flexibility index (Phi) is 3.63. The largest absolute Gasteiger partial charge is 0.507 e. The Morgan fingerprint density at radius 1 is 1.36 bits per heavy atom. The molecule has 2 aliphatic rings. The van der Waals surface area contributed by atoms with Crippen molar-refractivity contribution in [2.24, 2.45) is 11.8 Å². The van der Waals surface area contributed by atoms with Gasteiger partial charge in [0.05, 0.1) is 31.3 Å². The standard InChI is InChI=1S/C16H20O6/c1-16(21-3)6-10-11(7-22-16)15(19)13-9(14(10)18)4-8(20-2)5-12(13)17/h4-5,10-11,14,17-18H,6-7H2,1-3H3/t10?,11?,14-,16-/m0/s1. The fraction of sp³-hybridized carbons (Fsp3) is 0.562. The number of phenols is 1. The Balaban J connectivity index is 2.06. The Hall–Kier alpha value is -1.63. The Bertz CT molecular complexity index is 613. The third-order valence-electron chi connectivity index (χ3n) is 4.79. The Morgan fingerprint density at radius 2 is 2.09 bits per heavy atom. The molecule has 3 rings (SSSR count). The smallest absolute Gasteiger partial charge is 0.172 e. The predicted molar refractivity (Wildman–Crippen MR) is 76.9 cm³/mol.